The molecular formula is C20H19BrN4O3S3. The van der Waals surface area contributed by atoms with Gasteiger partial charge in [-0.15, -0.1) is 11.3 Å². The first-order valence-corrected chi connectivity index (χ1v) is 13.1. The van der Waals surface area contributed by atoms with E-state index in [2.05, 4.69) is 37.0 Å². The van der Waals surface area contributed by atoms with Gasteiger partial charge >= 0.3 is 0 Å². The number of aromatic nitrogens is 1. The molecule has 1 saturated heterocycles. The van der Waals surface area contributed by atoms with E-state index in [1.54, 1.807) is 29.7 Å². The summed E-state index contributed by atoms with van der Waals surface area (Å²) in [6, 6.07) is 14.8. The van der Waals surface area contributed by atoms with Gasteiger partial charge in [0.15, 0.2) is 5.11 Å². The topological polar surface area (TPSA) is 83.6 Å². The third-order valence-electron chi connectivity index (χ3n) is 4.74. The van der Waals surface area contributed by atoms with Crippen LogP contribution in [0.25, 0.3) is 0 Å². The van der Waals surface area contributed by atoms with Crippen LogP contribution in [-0.2, 0) is 10.0 Å². The van der Waals surface area contributed by atoms with Gasteiger partial charge in [-0.3, -0.25) is 9.71 Å². The van der Waals surface area contributed by atoms with E-state index in [1.807, 2.05) is 35.2 Å². The van der Waals surface area contributed by atoms with E-state index in [0.717, 1.165) is 26.3 Å². The molecule has 2 atom stereocenters. The van der Waals surface area contributed by atoms with Crippen molar-refractivity contribution in [2.45, 2.75) is 12.1 Å². The molecule has 0 amide bonds. The average Bonchev–Trinajstić information content (AvgIpc) is 3.30. The Labute approximate surface area is 198 Å². The first-order chi connectivity index (χ1) is 14.8. The van der Waals surface area contributed by atoms with Gasteiger partial charge in [0.05, 0.1) is 40.6 Å². The van der Waals surface area contributed by atoms with Crippen LogP contribution in [-0.4, -0.2) is 31.9 Å². The van der Waals surface area contributed by atoms with E-state index in [1.165, 1.54) is 7.11 Å². The van der Waals surface area contributed by atoms with Gasteiger partial charge in [0, 0.05) is 22.8 Å². The molecule has 1 aliphatic rings. The number of nitrogens with zero attached hydrogens (tertiary/aromatic N) is 2. The van der Waals surface area contributed by atoms with Crippen LogP contribution in [0.1, 0.15) is 22.7 Å². The van der Waals surface area contributed by atoms with Gasteiger partial charge < -0.3 is 15.0 Å². The van der Waals surface area contributed by atoms with E-state index in [-0.39, 0.29) is 12.1 Å². The quantitative estimate of drug-likeness (QED) is 0.448. The van der Waals surface area contributed by atoms with Crippen molar-refractivity contribution in [1.82, 2.24) is 10.3 Å². The van der Waals surface area contributed by atoms with E-state index < -0.39 is 10.0 Å². The molecule has 1 fully saturated rings. The number of rotatable bonds is 6. The summed E-state index contributed by atoms with van der Waals surface area (Å²) in [5, 5.41) is 3.95. The maximum atomic E-state index is 11.7. The normalized spacial score (nSPS) is 18.7. The number of thiocarbonyl (C=S) groups is 1. The van der Waals surface area contributed by atoms with Crippen LogP contribution in [0.4, 0.5) is 11.4 Å². The molecular weight excluding hydrogens is 520 g/mol. The van der Waals surface area contributed by atoms with Crippen molar-refractivity contribution >= 4 is 66.0 Å². The van der Waals surface area contributed by atoms with Crippen molar-refractivity contribution in [1.29, 1.82) is 0 Å². The molecule has 3 heterocycles. The zero-order chi connectivity index (χ0) is 22.2. The number of benzene rings is 1. The lowest BCUT2D eigenvalue weighted by Crippen LogP contribution is -2.29. The predicted octanol–water partition coefficient (Wildman–Crippen LogP) is 4.46. The zero-order valence-electron chi connectivity index (χ0n) is 16.6. The third-order valence-corrected chi connectivity index (χ3v) is 7.34. The fourth-order valence-electron chi connectivity index (χ4n) is 3.52. The first-order valence-electron chi connectivity index (χ1n) is 9.18. The molecule has 1 aliphatic heterocycles. The summed E-state index contributed by atoms with van der Waals surface area (Å²) in [6.07, 6.45) is 2.86. The monoisotopic (exact) mass is 538 g/mol. The zero-order valence-corrected chi connectivity index (χ0v) is 20.6. The number of hydrogen-bond acceptors (Lipinski definition) is 6. The Bertz CT molecular complexity index is 1220. The van der Waals surface area contributed by atoms with Crippen LogP contribution < -0.4 is 19.7 Å². The minimum absolute atomic E-state index is 0.142. The summed E-state index contributed by atoms with van der Waals surface area (Å²) in [7, 11) is -1.94. The molecule has 2 aromatic heterocycles. The third kappa shape index (κ3) is 4.69. The highest BCUT2D eigenvalue weighted by Gasteiger charge is 2.41. The molecule has 0 spiro atoms. The van der Waals surface area contributed by atoms with Crippen LogP contribution in [0.2, 0.25) is 0 Å². The van der Waals surface area contributed by atoms with E-state index in [4.69, 9.17) is 17.0 Å². The number of nitrogens with one attached hydrogen (secondary N) is 2. The number of ether oxygens (including phenoxy) is 1. The number of thiophene rings is 1. The Morgan fingerprint density at radius 3 is 2.68 bits per heavy atom. The maximum Gasteiger partial charge on any atom is 0.229 e. The van der Waals surface area contributed by atoms with Crippen LogP contribution in [0.3, 0.4) is 0 Å². The minimum Gasteiger partial charge on any atom is -0.494 e. The van der Waals surface area contributed by atoms with Crippen LogP contribution in [0.15, 0.2) is 58.5 Å². The molecule has 1 aromatic carbocycles. The summed E-state index contributed by atoms with van der Waals surface area (Å²) < 4.78 is 32.3. The summed E-state index contributed by atoms with van der Waals surface area (Å²) in [5.74, 6) is 0.401. The SMILES string of the molecule is COc1cc(N2C(=S)N[C@H](c3ccccn3)[C@H]2c2ccc(Br)s2)ccc1NS(C)(=O)=O. The van der Waals surface area contributed by atoms with Gasteiger partial charge in [0.2, 0.25) is 10.0 Å². The first kappa shape index (κ1) is 22.0. The minimum atomic E-state index is -3.44. The summed E-state index contributed by atoms with van der Waals surface area (Å²) in [6.45, 7) is 0. The fourth-order valence-corrected chi connectivity index (χ4v) is 5.99. The number of halogens is 1. The van der Waals surface area contributed by atoms with Crippen molar-refractivity contribution in [3.63, 3.8) is 0 Å². The molecule has 0 unspecified atom stereocenters. The summed E-state index contributed by atoms with van der Waals surface area (Å²) in [5.41, 5.74) is 2.02. The van der Waals surface area contributed by atoms with Gasteiger partial charge in [0.25, 0.3) is 0 Å². The summed E-state index contributed by atoms with van der Waals surface area (Å²) in [4.78, 5) is 7.65. The van der Waals surface area contributed by atoms with Gasteiger partial charge in [-0.2, -0.15) is 0 Å². The molecule has 4 rings (SSSR count). The standard InChI is InChI=1S/C20H19BrN4O3S3/c1-28-15-11-12(6-7-13(15)24-31(2,26)27)25-19(16-8-9-17(21)30-16)18(23-20(25)29)14-5-3-4-10-22-14/h3-11,18-19,24H,1-2H3,(H,23,29)/t18-,19-/m1/s1. The fraction of sp³-hybridized carbons (Fsp3) is 0.200. The summed E-state index contributed by atoms with van der Waals surface area (Å²) >= 11 is 10.9. The highest BCUT2D eigenvalue weighted by atomic mass is 79.9. The smallest absolute Gasteiger partial charge is 0.229 e. The predicted molar refractivity (Wildman–Crippen MR) is 131 cm³/mol. The molecule has 0 radical (unpaired) electrons. The second-order valence-electron chi connectivity index (χ2n) is 6.90. The number of methoxy groups -OCH3 is 1. The number of pyridine rings is 1. The number of anilines is 2. The highest BCUT2D eigenvalue weighted by molar-refractivity contribution is 9.11. The maximum absolute atomic E-state index is 11.7. The Morgan fingerprint density at radius 2 is 2.06 bits per heavy atom. The van der Waals surface area contributed by atoms with Crippen molar-refractivity contribution in [2.75, 3.05) is 23.0 Å². The number of hydrogen-bond donors (Lipinski definition) is 2. The second kappa shape index (κ2) is 8.73. The molecule has 0 bridgehead atoms. The van der Waals surface area contributed by atoms with Crippen molar-refractivity contribution in [3.05, 3.63) is 69.1 Å². The average molecular weight is 540 g/mol. The Morgan fingerprint density at radius 1 is 1.26 bits per heavy atom. The largest absolute Gasteiger partial charge is 0.494 e. The van der Waals surface area contributed by atoms with Gasteiger partial charge in [-0.1, -0.05) is 6.07 Å². The lowest BCUT2D eigenvalue weighted by atomic mass is 10.0. The van der Waals surface area contributed by atoms with Gasteiger partial charge in [-0.05, 0) is 64.5 Å². The molecule has 11 heteroatoms. The number of sulfonamides is 1. The second-order valence-corrected chi connectivity index (χ2v) is 11.5. The molecule has 0 aliphatic carbocycles. The van der Waals surface area contributed by atoms with E-state index >= 15 is 0 Å². The van der Waals surface area contributed by atoms with Crippen molar-refractivity contribution in [2.24, 2.45) is 0 Å². The van der Waals surface area contributed by atoms with Crippen LogP contribution in [0, 0.1) is 0 Å². The lowest BCUT2D eigenvalue weighted by molar-refractivity contribution is 0.417. The molecule has 2 N–H and O–H groups in total. The Kier molecular flexibility index (Phi) is 6.20. The lowest BCUT2D eigenvalue weighted by Gasteiger charge is -2.27. The molecule has 162 valence electrons. The van der Waals surface area contributed by atoms with Crippen LogP contribution >= 0.6 is 39.5 Å². The van der Waals surface area contributed by atoms with E-state index in [0.29, 0.717) is 16.5 Å². The molecule has 0 saturated carbocycles. The van der Waals surface area contributed by atoms with Gasteiger partial charge in [0.1, 0.15) is 5.75 Å². The van der Waals surface area contributed by atoms with Crippen LogP contribution in [0.5, 0.6) is 5.75 Å². The molecule has 31 heavy (non-hydrogen) atoms. The molecule has 3 aromatic rings. The highest BCUT2D eigenvalue weighted by Crippen LogP contribution is 2.45. The van der Waals surface area contributed by atoms with Crippen molar-refractivity contribution < 1.29 is 13.2 Å². The molecule has 7 nitrogen and oxygen atoms in total. The van der Waals surface area contributed by atoms with Gasteiger partial charge in [-0.25, -0.2) is 8.42 Å². The van der Waals surface area contributed by atoms with E-state index in [9.17, 15) is 8.42 Å². The van der Waals surface area contributed by atoms with Crippen molar-refractivity contribution in [3.8, 4) is 5.75 Å². The Hall–Kier alpha value is -2.21. The Balaban J connectivity index is 1.79.